The van der Waals surface area contributed by atoms with Crippen molar-refractivity contribution >= 4 is 11.9 Å². The molecule has 102 valence electrons. The van der Waals surface area contributed by atoms with Crippen LogP contribution in [0.15, 0.2) is 11.3 Å². The lowest BCUT2D eigenvalue weighted by Crippen LogP contribution is -2.52. The smallest absolute Gasteiger partial charge is 0.345 e. The van der Waals surface area contributed by atoms with Crippen LogP contribution >= 0.6 is 0 Å². The molecule has 1 atom stereocenters. The number of esters is 1. The topological polar surface area (TPSA) is 58.6 Å². The van der Waals surface area contributed by atoms with Gasteiger partial charge in [-0.1, -0.05) is 13.3 Å². The number of carbonyl (C=O) groups is 2. The summed E-state index contributed by atoms with van der Waals surface area (Å²) in [5.41, 5.74) is 0.797. The zero-order chi connectivity index (χ0) is 13.7. The molecular weight excluding hydrogens is 232 g/mol. The first-order valence-corrected chi connectivity index (χ1v) is 6.44. The van der Waals surface area contributed by atoms with Crippen molar-refractivity contribution in [2.45, 2.75) is 46.2 Å². The second kappa shape index (κ2) is 6.42. The fourth-order valence-electron chi connectivity index (χ4n) is 2.00. The minimum absolute atomic E-state index is 0.0318. The minimum atomic E-state index is -0.548. The molecule has 0 bridgehead atoms. The van der Waals surface area contributed by atoms with Crippen molar-refractivity contribution in [1.29, 1.82) is 0 Å². The van der Waals surface area contributed by atoms with Gasteiger partial charge in [0.1, 0.15) is 11.7 Å². The summed E-state index contributed by atoms with van der Waals surface area (Å²) in [5, 5.41) is 2.85. The van der Waals surface area contributed by atoms with E-state index < -0.39 is 5.97 Å². The molecule has 0 aromatic rings. The molecule has 0 fully saturated rings. The van der Waals surface area contributed by atoms with Crippen LogP contribution in [0.4, 0.5) is 0 Å². The number of hydrogen-bond acceptors (Lipinski definition) is 4. The van der Waals surface area contributed by atoms with Crippen LogP contribution in [0.25, 0.3) is 0 Å². The molecule has 5 nitrogen and oxygen atoms in total. The molecule has 0 saturated heterocycles. The maximum absolute atomic E-state index is 11.9. The third-order valence-electron chi connectivity index (χ3n) is 3.19. The molecule has 1 aliphatic heterocycles. The molecule has 1 heterocycles. The Morgan fingerprint density at radius 2 is 2.11 bits per heavy atom. The van der Waals surface area contributed by atoms with Crippen molar-refractivity contribution in [2.75, 3.05) is 13.7 Å². The van der Waals surface area contributed by atoms with E-state index in [1.54, 1.807) is 13.8 Å². The number of nitrogens with zero attached hydrogens (tertiary/aromatic N) is 1. The van der Waals surface area contributed by atoms with Gasteiger partial charge in [0.2, 0.25) is 0 Å². The van der Waals surface area contributed by atoms with Crippen molar-refractivity contribution in [3.63, 3.8) is 0 Å². The van der Waals surface area contributed by atoms with Gasteiger partial charge < -0.3 is 15.0 Å². The fraction of sp³-hybridized carbons (Fsp3) is 0.692. The number of nitrogens with one attached hydrogen (secondary N) is 1. The average molecular weight is 254 g/mol. The first-order valence-electron chi connectivity index (χ1n) is 6.44. The monoisotopic (exact) mass is 254 g/mol. The van der Waals surface area contributed by atoms with Crippen LogP contribution in [-0.2, 0) is 14.3 Å². The van der Waals surface area contributed by atoms with Crippen LogP contribution in [0.3, 0.4) is 0 Å². The van der Waals surface area contributed by atoms with E-state index in [4.69, 9.17) is 4.74 Å². The van der Waals surface area contributed by atoms with Crippen LogP contribution in [0.2, 0.25) is 0 Å². The van der Waals surface area contributed by atoms with Gasteiger partial charge in [0, 0.05) is 12.7 Å². The molecule has 1 unspecified atom stereocenters. The molecular formula is C13H22N2O3. The number of rotatable bonds is 5. The van der Waals surface area contributed by atoms with E-state index in [-0.39, 0.29) is 24.3 Å². The van der Waals surface area contributed by atoms with E-state index in [9.17, 15) is 9.59 Å². The third-order valence-corrected chi connectivity index (χ3v) is 3.19. The molecule has 0 aromatic carbocycles. The zero-order valence-corrected chi connectivity index (χ0v) is 11.6. The molecule has 0 aliphatic carbocycles. The molecule has 1 aliphatic rings. The average Bonchev–Trinajstić information content (AvgIpc) is 2.32. The Balaban J connectivity index is 2.88. The molecule has 0 saturated carbocycles. The lowest BCUT2D eigenvalue weighted by Gasteiger charge is -2.36. The van der Waals surface area contributed by atoms with Crippen LogP contribution in [0.1, 0.15) is 40.0 Å². The highest BCUT2D eigenvalue weighted by atomic mass is 16.5. The molecule has 5 heteroatoms. The Morgan fingerprint density at radius 1 is 1.44 bits per heavy atom. The first-order chi connectivity index (χ1) is 8.52. The first kappa shape index (κ1) is 14.5. The highest BCUT2D eigenvalue weighted by molar-refractivity contribution is 6.17. The summed E-state index contributed by atoms with van der Waals surface area (Å²) in [6.45, 7) is 5.88. The van der Waals surface area contributed by atoms with Crippen LogP contribution in [0.5, 0.6) is 0 Å². The van der Waals surface area contributed by atoms with Crippen LogP contribution < -0.4 is 5.32 Å². The van der Waals surface area contributed by atoms with Gasteiger partial charge in [-0.05, 0) is 26.7 Å². The summed E-state index contributed by atoms with van der Waals surface area (Å²) in [5.74, 6) is -0.876. The maximum atomic E-state index is 11.9. The predicted molar refractivity (Wildman–Crippen MR) is 68.6 cm³/mol. The van der Waals surface area contributed by atoms with E-state index in [1.807, 2.05) is 11.9 Å². The summed E-state index contributed by atoms with van der Waals surface area (Å²) in [6.07, 6.45) is 2.97. The van der Waals surface area contributed by atoms with Crippen molar-refractivity contribution in [1.82, 2.24) is 10.2 Å². The van der Waals surface area contributed by atoms with Gasteiger partial charge in [-0.15, -0.1) is 0 Å². The lowest BCUT2D eigenvalue weighted by molar-refractivity contribution is -0.141. The Hall–Kier alpha value is -1.52. The quantitative estimate of drug-likeness (QED) is 0.595. The number of amides is 1. The highest BCUT2D eigenvalue weighted by Gasteiger charge is 2.32. The van der Waals surface area contributed by atoms with E-state index in [2.05, 4.69) is 12.2 Å². The van der Waals surface area contributed by atoms with Crippen molar-refractivity contribution in [3.05, 3.63) is 11.3 Å². The summed E-state index contributed by atoms with van der Waals surface area (Å²) >= 11 is 0. The summed E-state index contributed by atoms with van der Waals surface area (Å²) in [6, 6.07) is 0. The number of hydrogen-bond donors (Lipinski definition) is 1. The minimum Gasteiger partial charge on any atom is -0.462 e. The molecule has 1 N–H and O–H groups in total. The third kappa shape index (κ3) is 3.03. The summed E-state index contributed by atoms with van der Waals surface area (Å²) in [4.78, 5) is 25.6. The van der Waals surface area contributed by atoms with Crippen molar-refractivity contribution < 1.29 is 14.3 Å². The maximum Gasteiger partial charge on any atom is 0.345 e. The van der Waals surface area contributed by atoms with Gasteiger partial charge in [0.15, 0.2) is 0 Å². The Morgan fingerprint density at radius 3 is 2.67 bits per heavy atom. The summed E-state index contributed by atoms with van der Waals surface area (Å²) < 4.78 is 4.90. The van der Waals surface area contributed by atoms with Gasteiger partial charge in [-0.3, -0.25) is 4.79 Å². The SMILES string of the molecule is CCCCC1NC(=O)C(C(=O)OCC)=C(C)N1C. The van der Waals surface area contributed by atoms with Gasteiger partial charge in [0.05, 0.1) is 6.61 Å². The van der Waals surface area contributed by atoms with Crippen LogP contribution in [0, 0.1) is 0 Å². The van der Waals surface area contributed by atoms with Crippen molar-refractivity contribution in [2.24, 2.45) is 0 Å². The number of ether oxygens (including phenoxy) is 1. The Labute approximate surface area is 108 Å². The normalized spacial score (nSPS) is 19.9. The van der Waals surface area contributed by atoms with E-state index in [0.717, 1.165) is 19.3 Å². The molecule has 0 radical (unpaired) electrons. The highest BCUT2D eigenvalue weighted by Crippen LogP contribution is 2.20. The summed E-state index contributed by atoms with van der Waals surface area (Å²) in [7, 11) is 1.88. The molecule has 1 amide bonds. The largest absolute Gasteiger partial charge is 0.462 e. The molecule has 18 heavy (non-hydrogen) atoms. The van der Waals surface area contributed by atoms with Gasteiger partial charge in [-0.2, -0.15) is 0 Å². The zero-order valence-electron chi connectivity index (χ0n) is 11.6. The number of carbonyl (C=O) groups excluding carboxylic acids is 2. The number of unbranched alkanes of at least 4 members (excludes halogenated alkanes) is 1. The van der Waals surface area contributed by atoms with E-state index in [1.165, 1.54) is 0 Å². The van der Waals surface area contributed by atoms with E-state index in [0.29, 0.717) is 5.70 Å². The Bertz CT molecular complexity index is 363. The van der Waals surface area contributed by atoms with Crippen LogP contribution in [-0.4, -0.2) is 36.6 Å². The standard InChI is InChI=1S/C13H22N2O3/c1-5-7-8-10-14-12(16)11(9(3)15(10)4)13(17)18-6-2/h10H,5-8H2,1-4H3,(H,14,16). The van der Waals surface area contributed by atoms with E-state index >= 15 is 0 Å². The number of allylic oxidation sites excluding steroid dienone is 1. The second-order valence-corrected chi connectivity index (χ2v) is 4.42. The predicted octanol–water partition coefficient (Wildman–Crippen LogP) is 1.40. The molecule has 1 rings (SSSR count). The molecule has 0 aromatic heterocycles. The van der Waals surface area contributed by atoms with Gasteiger partial charge in [-0.25, -0.2) is 4.79 Å². The molecule has 0 spiro atoms. The second-order valence-electron chi connectivity index (χ2n) is 4.42. The lowest BCUT2D eigenvalue weighted by atomic mass is 10.1. The Kier molecular flexibility index (Phi) is 5.19. The fourth-order valence-corrected chi connectivity index (χ4v) is 2.00. The van der Waals surface area contributed by atoms with Gasteiger partial charge >= 0.3 is 5.97 Å². The van der Waals surface area contributed by atoms with Crippen molar-refractivity contribution in [3.8, 4) is 0 Å². The van der Waals surface area contributed by atoms with Gasteiger partial charge in [0.25, 0.3) is 5.91 Å².